The van der Waals surface area contributed by atoms with E-state index in [1.165, 1.54) is 16.4 Å². The summed E-state index contributed by atoms with van der Waals surface area (Å²) in [4.78, 5) is 21.5. The Balaban J connectivity index is 1.75. The zero-order valence-corrected chi connectivity index (χ0v) is 17.1. The summed E-state index contributed by atoms with van der Waals surface area (Å²) in [5.74, 6) is -0.426. The number of halogens is 1. The number of hydrogen-bond acceptors (Lipinski definition) is 6. The fourth-order valence-electron chi connectivity index (χ4n) is 2.91. The van der Waals surface area contributed by atoms with Gasteiger partial charge in [0.05, 0.1) is 15.8 Å². The van der Waals surface area contributed by atoms with Crippen LogP contribution in [-0.2, 0) is 21.2 Å². The summed E-state index contributed by atoms with van der Waals surface area (Å²) in [6.45, 7) is 3.35. The molecule has 1 saturated heterocycles. The molecular formula is C17H19BrN4O4S. The lowest BCUT2D eigenvalue weighted by atomic mass is 10.1. The van der Waals surface area contributed by atoms with Crippen LogP contribution in [-0.4, -0.2) is 59.9 Å². The van der Waals surface area contributed by atoms with E-state index in [4.69, 9.17) is 5.11 Å². The van der Waals surface area contributed by atoms with Gasteiger partial charge in [-0.3, -0.25) is 4.79 Å². The Hall–Kier alpha value is -2.04. The second-order valence-corrected chi connectivity index (χ2v) is 9.10. The first kappa shape index (κ1) is 19.7. The molecule has 1 fully saturated rings. The first-order valence-electron chi connectivity index (χ1n) is 8.31. The summed E-state index contributed by atoms with van der Waals surface area (Å²) in [6.07, 6.45) is 3.10. The smallest absolute Gasteiger partial charge is 0.307 e. The van der Waals surface area contributed by atoms with Crippen molar-refractivity contribution in [2.24, 2.45) is 0 Å². The predicted octanol–water partition coefficient (Wildman–Crippen LogP) is 1.69. The van der Waals surface area contributed by atoms with E-state index in [1.807, 2.05) is 4.90 Å². The molecule has 0 radical (unpaired) electrons. The van der Waals surface area contributed by atoms with Crippen molar-refractivity contribution in [1.82, 2.24) is 14.3 Å². The number of carboxylic acid groups (broad SMARTS) is 1. The number of hydrogen-bond donors (Lipinski definition) is 1. The van der Waals surface area contributed by atoms with Crippen LogP contribution in [0.25, 0.3) is 0 Å². The molecule has 0 unspecified atom stereocenters. The van der Waals surface area contributed by atoms with Gasteiger partial charge >= 0.3 is 5.97 Å². The lowest BCUT2D eigenvalue weighted by Crippen LogP contribution is -2.49. The van der Waals surface area contributed by atoms with E-state index in [-0.39, 0.29) is 11.3 Å². The molecule has 144 valence electrons. The average molecular weight is 455 g/mol. The van der Waals surface area contributed by atoms with Crippen molar-refractivity contribution in [3.05, 3.63) is 46.2 Å². The van der Waals surface area contributed by atoms with Gasteiger partial charge in [0.1, 0.15) is 0 Å². The number of aryl methyl sites for hydroxylation is 1. The maximum Gasteiger partial charge on any atom is 0.307 e. The van der Waals surface area contributed by atoms with Gasteiger partial charge in [-0.05, 0) is 46.1 Å². The van der Waals surface area contributed by atoms with E-state index in [0.29, 0.717) is 37.7 Å². The second kappa shape index (κ2) is 7.91. The summed E-state index contributed by atoms with van der Waals surface area (Å²) < 4.78 is 28.1. The van der Waals surface area contributed by atoms with Crippen LogP contribution in [0.4, 0.5) is 5.95 Å². The minimum Gasteiger partial charge on any atom is -0.481 e. The lowest BCUT2D eigenvalue weighted by Gasteiger charge is -2.34. The summed E-state index contributed by atoms with van der Waals surface area (Å²) in [6, 6.07) is 4.64. The number of carbonyl (C=O) groups is 1. The van der Waals surface area contributed by atoms with Gasteiger partial charge in [-0.25, -0.2) is 18.4 Å². The highest BCUT2D eigenvalue weighted by molar-refractivity contribution is 9.10. The number of aromatic nitrogens is 2. The molecule has 1 aromatic heterocycles. The van der Waals surface area contributed by atoms with Crippen molar-refractivity contribution in [2.75, 3.05) is 31.1 Å². The third-order valence-electron chi connectivity index (χ3n) is 4.43. The van der Waals surface area contributed by atoms with E-state index in [9.17, 15) is 13.2 Å². The summed E-state index contributed by atoms with van der Waals surface area (Å²) >= 11 is 3.29. The zero-order chi connectivity index (χ0) is 19.6. The number of sulfonamides is 1. The third kappa shape index (κ3) is 4.45. The number of anilines is 1. The monoisotopic (exact) mass is 454 g/mol. The van der Waals surface area contributed by atoms with Crippen molar-refractivity contribution >= 4 is 37.9 Å². The number of rotatable bonds is 5. The van der Waals surface area contributed by atoms with Gasteiger partial charge in [-0.1, -0.05) is 6.07 Å². The number of nitrogens with zero attached hydrogens (tertiary/aromatic N) is 4. The molecule has 0 atom stereocenters. The van der Waals surface area contributed by atoms with Gasteiger partial charge in [-0.2, -0.15) is 4.31 Å². The van der Waals surface area contributed by atoms with Gasteiger partial charge in [-0.15, -0.1) is 0 Å². The molecule has 0 bridgehead atoms. The van der Waals surface area contributed by atoms with Crippen molar-refractivity contribution in [1.29, 1.82) is 0 Å². The Bertz CT molecular complexity index is 942. The normalized spacial score (nSPS) is 15.7. The second-order valence-electron chi connectivity index (χ2n) is 6.25. The van der Waals surface area contributed by atoms with Crippen LogP contribution in [0, 0.1) is 6.92 Å². The van der Waals surface area contributed by atoms with Crippen molar-refractivity contribution in [3.63, 3.8) is 0 Å². The molecule has 0 amide bonds. The molecule has 27 heavy (non-hydrogen) atoms. The lowest BCUT2D eigenvalue weighted by molar-refractivity contribution is -0.136. The Labute approximate surface area is 166 Å². The number of piperazine rings is 1. The third-order valence-corrected chi connectivity index (χ3v) is 6.73. The van der Waals surface area contributed by atoms with E-state index in [0.717, 1.165) is 10.0 Å². The Morgan fingerprint density at radius 2 is 1.81 bits per heavy atom. The highest BCUT2D eigenvalue weighted by Crippen LogP contribution is 2.22. The first-order valence-corrected chi connectivity index (χ1v) is 10.5. The minimum absolute atomic E-state index is 0.123. The van der Waals surface area contributed by atoms with Crippen molar-refractivity contribution in [2.45, 2.75) is 18.2 Å². The molecule has 3 rings (SSSR count). The Morgan fingerprint density at radius 1 is 1.19 bits per heavy atom. The topological polar surface area (TPSA) is 104 Å². The van der Waals surface area contributed by atoms with Gasteiger partial charge in [0.25, 0.3) is 0 Å². The largest absolute Gasteiger partial charge is 0.481 e. The van der Waals surface area contributed by atoms with Crippen LogP contribution in [0.1, 0.15) is 11.1 Å². The fourth-order valence-corrected chi connectivity index (χ4v) is 4.59. The molecule has 0 saturated carbocycles. The maximum atomic E-state index is 12.9. The summed E-state index contributed by atoms with van der Waals surface area (Å²) in [5.41, 5.74) is 1.26. The van der Waals surface area contributed by atoms with Gasteiger partial charge in [0, 0.05) is 38.6 Å². The molecule has 0 spiro atoms. The average Bonchev–Trinajstić information content (AvgIpc) is 2.64. The maximum absolute atomic E-state index is 12.9. The first-order chi connectivity index (χ1) is 12.8. The Kier molecular flexibility index (Phi) is 5.78. The van der Waals surface area contributed by atoms with Crippen molar-refractivity contribution < 1.29 is 18.3 Å². The summed E-state index contributed by atoms with van der Waals surface area (Å²) in [5, 5.41) is 9.01. The molecule has 0 aliphatic carbocycles. The highest BCUT2D eigenvalue weighted by Gasteiger charge is 2.29. The van der Waals surface area contributed by atoms with Crippen LogP contribution in [0.15, 0.2) is 40.0 Å². The molecule has 1 aliphatic heterocycles. The van der Waals surface area contributed by atoms with Crippen molar-refractivity contribution in [3.8, 4) is 0 Å². The standard InChI is InChI=1S/C17H19BrN4O4S/c1-12-2-3-15(8-13(12)9-16(23)24)27(25,26)22-6-4-21(5-7-22)17-19-10-14(18)11-20-17/h2-3,8,10-11H,4-7,9H2,1H3,(H,23,24). The van der Waals surface area contributed by atoms with Crippen LogP contribution < -0.4 is 4.90 Å². The molecule has 2 heterocycles. The van der Waals surface area contributed by atoms with E-state index < -0.39 is 16.0 Å². The zero-order valence-electron chi connectivity index (χ0n) is 14.7. The highest BCUT2D eigenvalue weighted by atomic mass is 79.9. The quantitative estimate of drug-likeness (QED) is 0.732. The van der Waals surface area contributed by atoms with E-state index >= 15 is 0 Å². The van der Waals surface area contributed by atoms with Crippen LogP contribution in [0.3, 0.4) is 0 Å². The van der Waals surface area contributed by atoms with Crippen LogP contribution in [0.2, 0.25) is 0 Å². The minimum atomic E-state index is -3.68. The molecule has 8 nitrogen and oxygen atoms in total. The molecule has 1 aliphatic rings. The van der Waals surface area contributed by atoms with E-state index in [1.54, 1.807) is 25.4 Å². The SMILES string of the molecule is Cc1ccc(S(=O)(=O)N2CCN(c3ncc(Br)cn3)CC2)cc1CC(=O)O. The molecule has 10 heteroatoms. The summed E-state index contributed by atoms with van der Waals surface area (Å²) in [7, 11) is -3.68. The van der Waals surface area contributed by atoms with Gasteiger partial charge in [0.15, 0.2) is 0 Å². The number of aliphatic carboxylic acids is 1. The number of benzene rings is 1. The van der Waals surface area contributed by atoms with Gasteiger partial charge in [0.2, 0.25) is 16.0 Å². The van der Waals surface area contributed by atoms with Gasteiger partial charge < -0.3 is 10.0 Å². The Morgan fingerprint density at radius 3 is 2.41 bits per heavy atom. The predicted molar refractivity (Wildman–Crippen MR) is 103 cm³/mol. The van der Waals surface area contributed by atoms with E-state index in [2.05, 4.69) is 25.9 Å². The molecular weight excluding hydrogens is 436 g/mol. The van der Waals surface area contributed by atoms with Crippen LogP contribution >= 0.6 is 15.9 Å². The fraction of sp³-hybridized carbons (Fsp3) is 0.353. The molecule has 1 aromatic carbocycles. The van der Waals surface area contributed by atoms with Crippen LogP contribution in [0.5, 0.6) is 0 Å². The molecule has 2 aromatic rings. The number of carboxylic acids is 1. The molecule has 1 N–H and O–H groups in total.